The second kappa shape index (κ2) is 9.86. The van der Waals surface area contributed by atoms with Crippen LogP contribution in [-0.2, 0) is 16.1 Å². The summed E-state index contributed by atoms with van der Waals surface area (Å²) in [7, 11) is 0. The van der Waals surface area contributed by atoms with Crippen LogP contribution in [0.5, 0.6) is 0 Å². The lowest BCUT2D eigenvalue weighted by atomic mass is 9.90. The summed E-state index contributed by atoms with van der Waals surface area (Å²) in [6, 6.07) is 28.4. The highest BCUT2D eigenvalue weighted by Crippen LogP contribution is 2.25. The van der Waals surface area contributed by atoms with Crippen molar-refractivity contribution < 1.29 is 9.59 Å². The molecule has 5 nitrogen and oxygen atoms in total. The number of nitriles is 1. The normalized spacial score (nSPS) is 10.2. The van der Waals surface area contributed by atoms with Crippen LogP contribution in [0.1, 0.15) is 29.0 Å². The fraction of sp³-hybridized carbons (Fsp3) is 0.125. The number of carbonyl (C=O) groups is 2. The summed E-state index contributed by atoms with van der Waals surface area (Å²) < 4.78 is 0. The van der Waals surface area contributed by atoms with Crippen molar-refractivity contribution in [2.75, 3.05) is 5.32 Å². The molecule has 0 aliphatic heterocycles. The van der Waals surface area contributed by atoms with E-state index < -0.39 is 5.92 Å². The van der Waals surface area contributed by atoms with Gasteiger partial charge in [0.25, 0.3) is 0 Å². The van der Waals surface area contributed by atoms with Gasteiger partial charge in [0.05, 0.1) is 12.0 Å². The topological polar surface area (TPSA) is 82.0 Å². The molecule has 0 fully saturated rings. The third-order valence-electron chi connectivity index (χ3n) is 4.45. The lowest BCUT2D eigenvalue weighted by molar-refractivity contribution is -0.122. The molecule has 144 valence electrons. The van der Waals surface area contributed by atoms with Crippen LogP contribution < -0.4 is 10.6 Å². The van der Waals surface area contributed by atoms with Crippen LogP contribution >= 0.6 is 0 Å². The molecule has 3 aromatic rings. The minimum absolute atomic E-state index is 0.0960. The first-order valence-corrected chi connectivity index (χ1v) is 9.30. The Balaban J connectivity index is 1.73. The maximum atomic E-state index is 13.0. The van der Waals surface area contributed by atoms with Gasteiger partial charge >= 0.3 is 0 Å². The molecule has 0 aliphatic rings. The summed E-state index contributed by atoms with van der Waals surface area (Å²) in [5.74, 6) is -0.862. The molecule has 0 spiro atoms. The molecule has 0 bridgehead atoms. The zero-order valence-corrected chi connectivity index (χ0v) is 15.8. The van der Waals surface area contributed by atoms with Gasteiger partial charge in [0, 0.05) is 12.2 Å². The Morgan fingerprint density at radius 1 is 0.862 bits per heavy atom. The minimum atomic E-state index is -0.407. The maximum Gasteiger partial charge on any atom is 0.238 e. The van der Waals surface area contributed by atoms with Crippen molar-refractivity contribution in [1.82, 2.24) is 5.32 Å². The monoisotopic (exact) mass is 383 g/mol. The SMILES string of the molecule is N#CCC(=O)Nc1cccc(CNC(=O)C(c2ccccc2)c2ccccc2)c1. The summed E-state index contributed by atoms with van der Waals surface area (Å²) in [6.45, 7) is 0.330. The molecular formula is C24H21N3O2. The van der Waals surface area contributed by atoms with Gasteiger partial charge in [-0.1, -0.05) is 72.8 Å². The highest BCUT2D eigenvalue weighted by molar-refractivity contribution is 5.92. The summed E-state index contributed by atoms with van der Waals surface area (Å²) >= 11 is 0. The quantitative estimate of drug-likeness (QED) is 0.647. The lowest BCUT2D eigenvalue weighted by Crippen LogP contribution is -2.29. The average Bonchev–Trinajstić information content (AvgIpc) is 2.74. The van der Waals surface area contributed by atoms with Gasteiger partial charge in [-0.3, -0.25) is 9.59 Å². The number of amides is 2. The smallest absolute Gasteiger partial charge is 0.238 e. The van der Waals surface area contributed by atoms with E-state index in [0.717, 1.165) is 16.7 Å². The Morgan fingerprint density at radius 2 is 1.48 bits per heavy atom. The molecular weight excluding hydrogens is 362 g/mol. The number of nitrogens with one attached hydrogen (secondary N) is 2. The summed E-state index contributed by atoms with van der Waals surface area (Å²) in [5.41, 5.74) is 3.30. The van der Waals surface area contributed by atoms with E-state index in [1.54, 1.807) is 18.2 Å². The average molecular weight is 383 g/mol. The number of carbonyl (C=O) groups excluding carboxylic acids is 2. The summed E-state index contributed by atoms with van der Waals surface area (Å²) in [4.78, 5) is 24.6. The second-order valence-electron chi connectivity index (χ2n) is 6.56. The zero-order chi connectivity index (χ0) is 20.5. The van der Waals surface area contributed by atoms with E-state index in [1.807, 2.05) is 72.8 Å². The Morgan fingerprint density at radius 3 is 2.07 bits per heavy atom. The Labute approximate surface area is 170 Å². The summed E-state index contributed by atoms with van der Waals surface area (Å²) in [6.07, 6.45) is -0.198. The largest absolute Gasteiger partial charge is 0.351 e. The fourth-order valence-electron chi connectivity index (χ4n) is 3.11. The van der Waals surface area contributed by atoms with Gasteiger partial charge in [0.15, 0.2) is 0 Å². The van der Waals surface area contributed by atoms with Gasteiger partial charge in [-0.05, 0) is 28.8 Å². The molecule has 29 heavy (non-hydrogen) atoms. The molecule has 0 atom stereocenters. The first-order chi connectivity index (χ1) is 14.2. The van der Waals surface area contributed by atoms with Crippen LogP contribution in [0.3, 0.4) is 0 Å². The van der Waals surface area contributed by atoms with Crippen molar-refractivity contribution in [3.05, 3.63) is 102 Å². The van der Waals surface area contributed by atoms with Crippen LogP contribution in [0, 0.1) is 11.3 Å². The van der Waals surface area contributed by atoms with Crippen LogP contribution in [0.25, 0.3) is 0 Å². The Hall–Kier alpha value is -3.91. The van der Waals surface area contributed by atoms with Crippen molar-refractivity contribution >= 4 is 17.5 Å². The van der Waals surface area contributed by atoms with E-state index in [1.165, 1.54) is 0 Å². The molecule has 0 saturated carbocycles. The van der Waals surface area contributed by atoms with Crippen molar-refractivity contribution in [3.63, 3.8) is 0 Å². The molecule has 0 radical (unpaired) electrons. The fourth-order valence-corrected chi connectivity index (χ4v) is 3.11. The molecule has 0 unspecified atom stereocenters. The predicted molar refractivity (Wildman–Crippen MR) is 112 cm³/mol. The number of nitrogens with zero attached hydrogens (tertiary/aromatic N) is 1. The number of benzene rings is 3. The van der Waals surface area contributed by atoms with Crippen LogP contribution in [0.2, 0.25) is 0 Å². The molecule has 2 N–H and O–H groups in total. The first-order valence-electron chi connectivity index (χ1n) is 9.30. The molecule has 0 aromatic heterocycles. The van der Waals surface area contributed by atoms with E-state index >= 15 is 0 Å². The molecule has 5 heteroatoms. The first kappa shape index (κ1) is 19.8. The minimum Gasteiger partial charge on any atom is -0.351 e. The second-order valence-corrected chi connectivity index (χ2v) is 6.56. The molecule has 2 amide bonds. The third-order valence-corrected chi connectivity index (χ3v) is 4.45. The molecule has 0 heterocycles. The maximum absolute atomic E-state index is 13.0. The molecule has 3 rings (SSSR count). The van der Waals surface area contributed by atoms with Crippen molar-refractivity contribution in [1.29, 1.82) is 5.26 Å². The third kappa shape index (κ3) is 5.53. The van der Waals surface area contributed by atoms with Crippen LogP contribution in [0.15, 0.2) is 84.9 Å². The van der Waals surface area contributed by atoms with E-state index in [4.69, 9.17) is 5.26 Å². The number of rotatable bonds is 7. The van der Waals surface area contributed by atoms with E-state index in [0.29, 0.717) is 12.2 Å². The summed E-state index contributed by atoms with van der Waals surface area (Å²) in [5, 5.41) is 14.3. The highest BCUT2D eigenvalue weighted by atomic mass is 16.2. The Kier molecular flexibility index (Phi) is 6.75. The lowest BCUT2D eigenvalue weighted by Gasteiger charge is -2.18. The van der Waals surface area contributed by atoms with Crippen LogP contribution in [-0.4, -0.2) is 11.8 Å². The van der Waals surface area contributed by atoms with Gasteiger partial charge in [-0.15, -0.1) is 0 Å². The van der Waals surface area contributed by atoms with Gasteiger partial charge in [0.2, 0.25) is 11.8 Å². The zero-order valence-electron chi connectivity index (χ0n) is 15.8. The van der Waals surface area contributed by atoms with Crippen molar-refractivity contribution in [3.8, 4) is 6.07 Å². The standard InChI is InChI=1S/C24H21N3O2/c25-15-14-22(28)27-21-13-7-8-18(16-21)17-26-24(29)23(19-9-3-1-4-10-19)20-11-5-2-6-12-20/h1-13,16,23H,14,17H2,(H,26,29)(H,27,28). The highest BCUT2D eigenvalue weighted by Gasteiger charge is 2.22. The van der Waals surface area contributed by atoms with E-state index in [-0.39, 0.29) is 18.2 Å². The number of hydrogen-bond donors (Lipinski definition) is 2. The molecule has 0 aliphatic carbocycles. The molecule has 3 aromatic carbocycles. The van der Waals surface area contributed by atoms with E-state index in [2.05, 4.69) is 10.6 Å². The molecule has 0 saturated heterocycles. The van der Waals surface area contributed by atoms with Gasteiger partial charge in [0.1, 0.15) is 6.42 Å². The van der Waals surface area contributed by atoms with Gasteiger partial charge in [-0.2, -0.15) is 5.26 Å². The number of anilines is 1. The predicted octanol–water partition coefficient (Wildman–Crippen LogP) is 3.99. The van der Waals surface area contributed by atoms with Gasteiger partial charge in [-0.25, -0.2) is 0 Å². The van der Waals surface area contributed by atoms with Gasteiger partial charge < -0.3 is 10.6 Å². The number of hydrogen-bond acceptors (Lipinski definition) is 3. The Bertz CT molecular complexity index is 972. The van der Waals surface area contributed by atoms with E-state index in [9.17, 15) is 9.59 Å². The van der Waals surface area contributed by atoms with Crippen LogP contribution in [0.4, 0.5) is 5.69 Å². The van der Waals surface area contributed by atoms with Crippen molar-refractivity contribution in [2.24, 2.45) is 0 Å². The van der Waals surface area contributed by atoms with Crippen molar-refractivity contribution in [2.45, 2.75) is 18.9 Å².